The van der Waals surface area contributed by atoms with Crippen LogP contribution < -0.4 is 0 Å². The zero-order valence-corrected chi connectivity index (χ0v) is 17.3. The number of methoxy groups -OCH3 is 3. The molecule has 2 atom stereocenters. The van der Waals surface area contributed by atoms with Gasteiger partial charge in [-0.1, -0.05) is 42.5 Å². The van der Waals surface area contributed by atoms with Crippen LogP contribution in [0, 0.1) is 27.4 Å². The van der Waals surface area contributed by atoms with Crippen molar-refractivity contribution in [2.75, 3.05) is 21.3 Å². The van der Waals surface area contributed by atoms with Crippen LogP contribution in [0.15, 0.2) is 72.5 Å². The molecular weight excluding hydrogens is 400 g/mol. The van der Waals surface area contributed by atoms with Crippen molar-refractivity contribution in [3.05, 3.63) is 93.7 Å². The molecule has 31 heavy (non-hydrogen) atoms. The van der Waals surface area contributed by atoms with Crippen LogP contribution in [0.4, 0.5) is 5.69 Å². The quantitative estimate of drug-likeness (QED) is 0.282. The molecule has 8 heteroatoms. The smallest absolute Gasteiger partial charge is 0.334 e. The number of allylic oxidation sites excluding steroid dienone is 1. The molecule has 160 valence electrons. The Morgan fingerprint density at radius 2 is 1.74 bits per heavy atom. The summed E-state index contributed by atoms with van der Waals surface area (Å²) in [7, 11) is 4.40. The molecular formula is C23H22N2O6. The lowest BCUT2D eigenvalue weighted by atomic mass is 9.76. The van der Waals surface area contributed by atoms with Crippen LogP contribution in [-0.2, 0) is 18.9 Å². The first kappa shape index (κ1) is 22.0. The molecule has 3 rings (SSSR count). The molecule has 0 unspecified atom stereocenters. The molecule has 0 fully saturated rings. The molecule has 0 radical (unpaired) electrons. The minimum atomic E-state index is -1.56. The Balaban J connectivity index is 2.28. The van der Waals surface area contributed by atoms with Crippen LogP contribution in [0.3, 0.4) is 0 Å². The van der Waals surface area contributed by atoms with E-state index in [2.05, 4.69) is 6.07 Å². The normalized spacial score (nSPS) is 20.2. The second-order valence-electron chi connectivity index (χ2n) is 6.75. The maximum atomic E-state index is 11.1. The van der Waals surface area contributed by atoms with E-state index in [1.165, 1.54) is 39.7 Å². The number of non-ortho nitro benzene ring substituents is 1. The number of hydrogen-bond donors (Lipinski definition) is 0. The molecule has 8 nitrogen and oxygen atoms in total. The van der Waals surface area contributed by atoms with Gasteiger partial charge in [-0.25, -0.2) is 0 Å². The van der Waals surface area contributed by atoms with E-state index in [4.69, 9.17) is 18.9 Å². The van der Waals surface area contributed by atoms with Crippen molar-refractivity contribution in [2.45, 2.75) is 11.9 Å². The van der Waals surface area contributed by atoms with Crippen LogP contribution in [0.1, 0.15) is 17.0 Å². The van der Waals surface area contributed by atoms with E-state index < -0.39 is 22.7 Å². The summed E-state index contributed by atoms with van der Waals surface area (Å²) in [5, 5.41) is 21.2. The Morgan fingerprint density at radius 3 is 2.26 bits per heavy atom. The number of ether oxygens (including phenoxy) is 4. The van der Waals surface area contributed by atoms with E-state index in [0.29, 0.717) is 22.5 Å². The lowest BCUT2D eigenvalue weighted by molar-refractivity contribution is -0.384. The predicted octanol–water partition coefficient (Wildman–Crippen LogP) is 4.37. The van der Waals surface area contributed by atoms with Gasteiger partial charge in [-0.2, -0.15) is 5.26 Å². The summed E-state index contributed by atoms with van der Waals surface area (Å²) >= 11 is 0. The van der Waals surface area contributed by atoms with Gasteiger partial charge in [0.05, 0.1) is 35.9 Å². The number of nitro groups is 1. The average molecular weight is 422 g/mol. The van der Waals surface area contributed by atoms with Gasteiger partial charge in [-0.3, -0.25) is 10.1 Å². The summed E-state index contributed by atoms with van der Waals surface area (Å²) in [6.07, 6.45) is 3.15. The van der Waals surface area contributed by atoms with Gasteiger partial charge in [-0.05, 0) is 11.6 Å². The van der Waals surface area contributed by atoms with Gasteiger partial charge >= 0.3 is 5.97 Å². The Kier molecular flexibility index (Phi) is 6.70. The van der Waals surface area contributed by atoms with Gasteiger partial charge in [0.1, 0.15) is 5.76 Å². The van der Waals surface area contributed by atoms with E-state index >= 15 is 0 Å². The Labute approximate surface area is 180 Å². The Morgan fingerprint density at radius 1 is 1.10 bits per heavy atom. The van der Waals surface area contributed by atoms with Crippen molar-refractivity contribution in [3.63, 3.8) is 0 Å². The summed E-state index contributed by atoms with van der Waals surface area (Å²) in [5.41, 5.74) is 1.65. The molecule has 0 spiro atoms. The molecule has 0 saturated heterocycles. The van der Waals surface area contributed by atoms with Crippen LogP contribution in [0.2, 0.25) is 0 Å². The van der Waals surface area contributed by atoms with Crippen molar-refractivity contribution in [2.24, 2.45) is 5.92 Å². The Bertz CT molecular complexity index is 1020. The standard InChI is InChI=1S/C23H22N2O6/c1-28-14-13-20-21(16-9-11-18(12-10-16)25(26)27)19(15-24)22(17-7-5-4-6-8-17)31-23(20,29-2)30-3/h4-14,20-21H,1-3H3/b14-13+/t20-,21-/m1/s1. The van der Waals surface area contributed by atoms with Crippen molar-refractivity contribution in [3.8, 4) is 6.07 Å². The van der Waals surface area contributed by atoms with Gasteiger partial charge in [0, 0.05) is 37.8 Å². The molecule has 2 aromatic rings. The minimum absolute atomic E-state index is 0.0460. The first-order valence-corrected chi connectivity index (χ1v) is 9.44. The number of benzene rings is 2. The lowest BCUT2D eigenvalue weighted by Crippen LogP contribution is -2.49. The fraction of sp³-hybridized carbons (Fsp3) is 0.261. The summed E-state index contributed by atoms with van der Waals surface area (Å²) in [6, 6.07) is 17.5. The first-order valence-electron chi connectivity index (χ1n) is 9.44. The zero-order chi connectivity index (χ0) is 22.4. The number of nitriles is 1. The largest absolute Gasteiger partial charge is 0.505 e. The SMILES string of the molecule is CO/C=C/[C@@H]1[C@H](c2ccc([N+](=O)[O-])cc2)C(C#N)=C(c2ccccc2)OC1(OC)OC. The van der Waals surface area contributed by atoms with Crippen molar-refractivity contribution < 1.29 is 23.9 Å². The average Bonchev–Trinajstić information content (AvgIpc) is 2.82. The zero-order valence-electron chi connectivity index (χ0n) is 17.3. The highest BCUT2D eigenvalue weighted by Gasteiger charge is 2.52. The van der Waals surface area contributed by atoms with Crippen LogP contribution >= 0.6 is 0 Å². The van der Waals surface area contributed by atoms with Crippen molar-refractivity contribution in [1.82, 2.24) is 0 Å². The molecule has 0 aromatic heterocycles. The molecule has 1 heterocycles. The van der Waals surface area contributed by atoms with Crippen LogP contribution in [0.25, 0.3) is 5.76 Å². The van der Waals surface area contributed by atoms with E-state index in [-0.39, 0.29) is 5.69 Å². The number of rotatable bonds is 7. The fourth-order valence-corrected chi connectivity index (χ4v) is 3.72. The van der Waals surface area contributed by atoms with Gasteiger partial charge in [0.25, 0.3) is 5.69 Å². The highest BCUT2D eigenvalue weighted by Crippen LogP contribution is 2.50. The first-order chi connectivity index (χ1) is 15.0. The second-order valence-corrected chi connectivity index (χ2v) is 6.75. The van der Waals surface area contributed by atoms with Gasteiger partial charge < -0.3 is 18.9 Å². The molecule has 0 amide bonds. The predicted molar refractivity (Wildman–Crippen MR) is 112 cm³/mol. The third-order valence-electron chi connectivity index (χ3n) is 5.18. The molecule has 0 saturated carbocycles. The van der Waals surface area contributed by atoms with Crippen LogP contribution in [0.5, 0.6) is 0 Å². The maximum absolute atomic E-state index is 11.1. The molecule has 1 aliphatic rings. The van der Waals surface area contributed by atoms with Gasteiger partial charge in [0.2, 0.25) is 0 Å². The third-order valence-corrected chi connectivity index (χ3v) is 5.18. The third kappa shape index (κ3) is 4.14. The van der Waals surface area contributed by atoms with E-state index in [9.17, 15) is 15.4 Å². The Hall–Kier alpha value is -3.67. The molecule has 2 aromatic carbocycles. The fourth-order valence-electron chi connectivity index (χ4n) is 3.72. The molecule has 0 aliphatic carbocycles. The second kappa shape index (κ2) is 9.43. The molecule has 0 bridgehead atoms. The minimum Gasteiger partial charge on any atom is -0.505 e. The van der Waals surface area contributed by atoms with Crippen molar-refractivity contribution >= 4 is 11.4 Å². The summed E-state index contributed by atoms with van der Waals surface area (Å²) in [6.45, 7) is 0. The molecule has 1 aliphatic heterocycles. The highest BCUT2D eigenvalue weighted by molar-refractivity contribution is 5.70. The molecule has 0 N–H and O–H groups in total. The summed E-state index contributed by atoms with van der Waals surface area (Å²) in [5.74, 6) is -2.46. The maximum Gasteiger partial charge on any atom is 0.334 e. The highest BCUT2D eigenvalue weighted by atomic mass is 16.9. The number of nitro benzene ring substituents is 1. The number of hydrogen-bond acceptors (Lipinski definition) is 7. The van der Waals surface area contributed by atoms with E-state index in [1.807, 2.05) is 30.3 Å². The number of nitrogens with zero attached hydrogens (tertiary/aromatic N) is 2. The summed E-state index contributed by atoms with van der Waals surface area (Å²) < 4.78 is 22.7. The van der Waals surface area contributed by atoms with E-state index in [0.717, 1.165) is 0 Å². The van der Waals surface area contributed by atoms with Gasteiger partial charge in [-0.15, -0.1) is 0 Å². The summed E-state index contributed by atoms with van der Waals surface area (Å²) in [4.78, 5) is 10.6. The topological polar surface area (TPSA) is 104 Å². The van der Waals surface area contributed by atoms with Gasteiger partial charge in [0.15, 0.2) is 0 Å². The monoisotopic (exact) mass is 422 g/mol. The van der Waals surface area contributed by atoms with Crippen molar-refractivity contribution in [1.29, 1.82) is 5.26 Å². The lowest BCUT2D eigenvalue weighted by Gasteiger charge is -2.44. The van der Waals surface area contributed by atoms with Crippen LogP contribution in [-0.4, -0.2) is 32.2 Å². The van der Waals surface area contributed by atoms with E-state index in [1.54, 1.807) is 18.2 Å².